The molecular weight excluding hydrogens is 152 g/mol. The summed E-state index contributed by atoms with van der Waals surface area (Å²) in [6.45, 7) is 8.13. The lowest BCUT2D eigenvalue weighted by Gasteiger charge is -2.34. The third-order valence-corrected chi connectivity index (χ3v) is 3.20. The summed E-state index contributed by atoms with van der Waals surface area (Å²) in [5.41, 5.74) is 1.03. The van der Waals surface area contributed by atoms with Crippen LogP contribution in [0.2, 0.25) is 0 Å². The fourth-order valence-corrected chi connectivity index (χ4v) is 2.43. The van der Waals surface area contributed by atoms with Crippen molar-refractivity contribution in [1.29, 1.82) is 0 Å². The van der Waals surface area contributed by atoms with Gasteiger partial charge in [0.1, 0.15) is 6.10 Å². The lowest BCUT2D eigenvalue weighted by atomic mass is 9.67. The zero-order valence-corrected chi connectivity index (χ0v) is 7.59. The third kappa shape index (κ3) is 0.780. The molecule has 12 heavy (non-hydrogen) atoms. The molecule has 0 aromatic rings. The first-order valence-electron chi connectivity index (χ1n) is 4.41. The highest BCUT2D eigenvalue weighted by atomic mass is 16.6. The first kappa shape index (κ1) is 7.84. The third-order valence-electron chi connectivity index (χ3n) is 3.20. The SMILES string of the molecule is C=C1CC[C@@H]2OC(=O)[C@@H]1C2(C)C. The van der Waals surface area contributed by atoms with E-state index in [4.69, 9.17) is 4.74 Å². The molecule has 0 radical (unpaired) electrons. The maximum atomic E-state index is 11.4. The summed E-state index contributed by atoms with van der Waals surface area (Å²) in [5.74, 6) is -0.108. The van der Waals surface area contributed by atoms with E-state index in [1.807, 2.05) is 0 Å². The van der Waals surface area contributed by atoms with Gasteiger partial charge in [0, 0.05) is 5.41 Å². The van der Waals surface area contributed by atoms with Crippen molar-refractivity contribution in [1.82, 2.24) is 0 Å². The van der Waals surface area contributed by atoms with E-state index in [0.29, 0.717) is 0 Å². The van der Waals surface area contributed by atoms with Gasteiger partial charge in [-0.05, 0) is 12.8 Å². The molecule has 2 rings (SSSR count). The smallest absolute Gasteiger partial charge is 0.314 e. The van der Waals surface area contributed by atoms with Crippen LogP contribution in [0.5, 0.6) is 0 Å². The van der Waals surface area contributed by atoms with Crippen molar-refractivity contribution in [3.05, 3.63) is 12.2 Å². The van der Waals surface area contributed by atoms with Crippen molar-refractivity contribution < 1.29 is 9.53 Å². The molecule has 2 bridgehead atoms. The summed E-state index contributed by atoms with van der Waals surface area (Å²) in [6, 6.07) is 0. The van der Waals surface area contributed by atoms with Gasteiger partial charge in [-0.15, -0.1) is 0 Å². The highest BCUT2D eigenvalue weighted by Crippen LogP contribution is 2.50. The van der Waals surface area contributed by atoms with Gasteiger partial charge in [-0.1, -0.05) is 26.0 Å². The van der Waals surface area contributed by atoms with Crippen LogP contribution in [0.4, 0.5) is 0 Å². The summed E-state index contributed by atoms with van der Waals surface area (Å²) in [4.78, 5) is 11.4. The Balaban J connectivity index is 2.42. The van der Waals surface area contributed by atoms with Gasteiger partial charge in [-0.25, -0.2) is 0 Å². The lowest BCUT2D eigenvalue weighted by molar-refractivity contribution is -0.142. The van der Waals surface area contributed by atoms with E-state index < -0.39 is 0 Å². The van der Waals surface area contributed by atoms with Crippen LogP contribution in [0, 0.1) is 11.3 Å². The van der Waals surface area contributed by atoms with Gasteiger partial charge >= 0.3 is 5.97 Å². The van der Waals surface area contributed by atoms with Crippen LogP contribution in [0.25, 0.3) is 0 Å². The normalized spacial score (nSPS) is 38.2. The molecule has 2 nitrogen and oxygen atoms in total. The number of carbonyl (C=O) groups is 1. The van der Waals surface area contributed by atoms with Gasteiger partial charge in [-0.2, -0.15) is 0 Å². The monoisotopic (exact) mass is 166 g/mol. The van der Waals surface area contributed by atoms with Gasteiger partial charge in [0.2, 0.25) is 0 Å². The zero-order chi connectivity index (χ0) is 8.93. The van der Waals surface area contributed by atoms with E-state index >= 15 is 0 Å². The summed E-state index contributed by atoms with van der Waals surface area (Å²) in [7, 11) is 0. The molecule has 1 heterocycles. The molecule has 66 valence electrons. The lowest BCUT2D eigenvalue weighted by Crippen LogP contribution is -2.35. The Morgan fingerprint density at radius 2 is 2.25 bits per heavy atom. The summed E-state index contributed by atoms with van der Waals surface area (Å²) >= 11 is 0. The minimum absolute atomic E-state index is 0.0214. The number of ether oxygens (including phenoxy) is 1. The van der Waals surface area contributed by atoms with Crippen molar-refractivity contribution in [3.8, 4) is 0 Å². The van der Waals surface area contributed by atoms with Crippen LogP contribution < -0.4 is 0 Å². The number of carbonyl (C=O) groups excluding carboxylic acids is 1. The quantitative estimate of drug-likeness (QED) is 0.406. The number of fused-ring (bicyclic) bond motifs is 2. The molecule has 0 unspecified atom stereocenters. The fraction of sp³-hybridized carbons (Fsp3) is 0.700. The molecule has 2 atom stereocenters. The summed E-state index contributed by atoms with van der Waals surface area (Å²) < 4.78 is 5.27. The number of hydrogen-bond donors (Lipinski definition) is 0. The number of rotatable bonds is 0. The van der Waals surface area contributed by atoms with Gasteiger partial charge in [0.15, 0.2) is 0 Å². The molecule has 2 fully saturated rings. The van der Waals surface area contributed by atoms with Gasteiger partial charge < -0.3 is 4.74 Å². The Bertz CT molecular complexity index is 245. The molecular formula is C10H14O2. The molecule has 0 N–H and O–H groups in total. The van der Waals surface area contributed by atoms with Crippen LogP contribution in [0.1, 0.15) is 26.7 Å². The first-order chi connectivity index (χ1) is 5.53. The topological polar surface area (TPSA) is 26.3 Å². The second-order valence-electron chi connectivity index (χ2n) is 4.38. The van der Waals surface area contributed by atoms with Crippen LogP contribution in [-0.2, 0) is 9.53 Å². The molecule has 2 heteroatoms. The Labute approximate surface area is 72.6 Å². The summed E-state index contributed by atoms with van der Waals surface area (Å²) in [5, 5.41) is 0. The van der Waals surface area contributed by atoms with E-state index in [1.54, 1.807) is 0 Å². The van der Waals surface area contributed by atoms with Crippen LogP contribution in [0.3, 0.4) is 0 Å². The predicted octanol–water partition coefficient (Wildman–Crippen LogP) is 1.90. The average molecular weight is 166 g/mol. The molecule has 1 aliphatic carbocycles. The van der Waals surface area contributed by atoms with E-state index in [9.17, 15) is 4.79 Å². The maximum Gasteiger partial charge on any atom is 0.314 e. The van der Waals surface area contributed by atoms with Crippen LogP contribution in [0.15, 0.2) is 12.2 Å². The van der Waals surface area contributed by atoms with E-state index in [-0.39, 0.29) is 23.4 Å². The fourth-order valence-electron chi connectivity index (χ4n) is 2.43. The highest BCUT2D eigenvalue weighted by molar-refractivity contribution is 5.80. The van der Waals surface area contributed by atoms with Crippen molar-refractivity contribution in [2.75, 3.05) is 0 Å². The second-order valence-corrected chi connectivity index (χ2v) is 4.38. The molecule has 1 saturated carbocycles. The standard InChI is InChI=1S/C10H14O2/c1-6-4-5-7-10(2,3)8(6)9(11)12-7/h7-8H,1,4-5H2,2-3H3/t7-,8+/m0/s1. The Hall–Kier alpha value is -0.790. The van der Waals surface area contributed by atoms with Gasteiger partial charge in [0.05, 0.1) is 5.92 Å². The van der Waals surface area contributed by atoms with Crippen molar-refractivity contribution in [3.63, 3.8) is 0 Å². The molecule has 0 aromatic carbocycles. The van der Waals surface area contributed by atoms with E-state index in [1.165, 1.54) is 0 Å². The van der Waals surface area contributed by atoms with Crippen molar-refractivity contribution in [2.24, 2.45) is 11.3 Å². The maximum absolute atomic E-state index is 11.4. The minimum Gasteiger partial charge on any atom is -0.461 e. The molecule has 1 aliphatic heterocycles. The van der Waals surface area contributed by atoms with Crippen LogP contribution in [-0.4, -0.2) is 12.1 Å². The van der Waals surface area contributed by atoms with Crippen molar-refractivity contribution in [2.45, 2.75) is 32.8 Å². The van der Waals surface area contributed by atoms with Gasteiger partial charge in [0.25, 0.3) is 0 Å². The Kier molecular flexibility index (Phi) is 1.39. The zero-order valence-electron chi connectivity index (χ0n) is 7.59. The predicted molar refractivity (Wildman–Crippen MR) is 45.5 cm³/mol. The molecule has 2 aliphatic rings. The Morgan fingerprint density at radius 1 is 1.58 bits per heavy atom. The molecule has 0 spiro atoms. The minimum atomic E-state index is -0.0625. The highest BCUT2D eigenvalue weighted by Gasteiger charge is 2.54. The first-order valence-corrected chi connectivity index (χ1v) is 4.41. The van der Waals surface area contributed by atoms with Gasteiger partial charge in [-0.3, -0.25) is 4.79 Å². The van der Waals surface area contributed by atoms with Crippen LogP contribution >= 0.6 is 0 Å². The second kappa shape index (κ2) is 2.12. The molecule has 0 amide bonds. The van der Waals surface area contributed by atoms with Crippen molar-refractivity contribution >= 4 is 5.97 Å². The number of hydrogen-bond acceptors (Lipinski definition) is 2. The van der Waals surface area contributed by atoms with E-state index in [0.717, 1.165) is 18.4 Å². The molecule has 1 saturated heterocycles. The number of esters is 1. The largest absolute Gasteiger partial charge is 0.461 e. The molecule has 0 aromatic heterocycles. The summed E-state index contributed by atoms with van der Waals surface area (Å²) in [6.07, 6.45) is 2.03. The van der Waals surface area contributed by atoms with E-state index in [2.05, 4.69) is 20.4 Å². The Morgan fingerprint density at radius 3 is 2.83 bits per heavy atom. The average Bonchev–Trinajstić information content (AvgIpc) is 2.12.